The second kappa shape index (κ2) is 5.59. The molecular formula is C12H11NO4S. The summed E-state index contributed by atoms with van der Waals surface area (Å²) >= 11 is 1.30. The van der Waals surface area contributed by atoms with E-state index >= 15 is 0 Å². The van der Waals surface area contributed by atoms with Crippen LogP contribution in [0.15, 0.2) is 46.2 Å². The van der Waals surface area contributed by atoms with Crippen molar-refractivity contribution in [2.45, 2.75) is 10.8 Å². The summed E-state index contributed by atoms with van der Waals surface area (Å²) < 4.78 is 10.6. The number of nitrogens with zero attached hydrogens (tertiary/aromatic N) is 1. The van der Waals surface area contributed by atoms with Crippen LogP contribution in [0.5, 0.6) is 0 Å². The molecule has 6 heteroatoms. The van der Waals surface area contributed by atoms with Crippen molar-refractivity contribution in [2.75, 3.05) is 7.11 Å². The fourth-order valence-electron chi connectivity index (χ4n) is 1.41. The van der Waals surface area contributed by atoms with Crippen LogP contribution in [-0.4, -0.2) is 13.1 Å². The molecule has 94 valence electrons. The predicted molar refractivity (Wildman–Crippen MR) is 65.0 cm³/mol. The maximum Gasteiger partial charge on any atom is 0.341 e. The number of hydrogen-bond acceptors (Lipinski definition) is 5. The zero-order chi connectivity index (χ0) is 13.0. The van der Waals surface area contributed by atoms with Gasteiger partial charge in [-0.1, -0.05) is 0 Å². The van der Waals surface area contributed by atoms with E-state index in [4.69, 9.17) is 4.42 Å². The van der Waals surface area contributed by atoms with Gasteiger partial charge in [0.15, 0.2) is 6.20 Å². The highest BCUT2D eigenvalue weighted by Crippen LogP contribution is 2.22. The first-order valence-corrected chi connectivity index (χ1v) is 6.16. The van der Waals surface area contributed by atoms with Gasteiger partial charge in [0.2, 0.25) is 0 Å². The third-order valence-electron chi connectivity index (χ3n) is 2.29. The number of esters is 1. The number of rotatable bonds is 4. The third-order valence-corrected chi connectivity index (χ3v) is 3.31. The molecule has 0 bridgehead atoms. The van der Waals surface area contributed by atoms with Crippen LogP contribution < -0.4 is 4.73 Å². The first-order valence-electron chi connectivity index (χ1n) is 5.18. The average Bonchev–Trinajstić information content (AvgIpc) is 2.85. The van der Waals surface area contributed by atoms with Crippen molar-refractivity contribution in [1.82, 2.24) is 0 Å². The minimum absolute atomic E-state index is 0.387. The number of ether oxygens (including phenoxy) is 1. The Bertz CT molecular complexity index is 553. The third kappa shape index (κ3) is 2.65. The van der Waals surface area contributed by atoms with E-state index in [0.717, 1.165) is 4.73 Å². The molecule has 0 saturated heterocycles. The summed E-state index contributed by atoms with van der Waals surface area (Å²) in [7, 11) is 1.31. The number of pyridine rings is 1. The van der Waals surface area contributed by atoms with Gasteiger partial charge < -0.3 is 14.4 Å². The second-order valence-electron chi connectivity index (χ2n) is 3.40. The van der Waals surface area contributed by atoms with E-state index in [2.05, 4.69) is 4.74 Å². The molecule has 0 aliphatic carbocycles. The monoisotopic (exact) mass is 265 g/mol. The molecule has 2 aromatic rings. The molecule has 0 aliphatic heterocycles. The molecule has 0 atom stereocenters. The molecule has 0 N–H and O–H groups in total. The van der Waals surface area contributed by atoms with Crippen LogP contribution in [0.1, 0.15) is 16.1 Å². The number of carbonyl (C=O) groups excluding carboxylic acids is 1. The topological polar surface area (TPSA) is 66.4 Å². The number of thioether (sulfide) groups is 1. The first kappa shape index (κ1) is 12.5. The SMILES string of the molecule is COC(=O)c1ccoc1CSc1cccc[n+]1[O-]. The summed E-state index contributed by atoms with van der Waals surface area (Å²) in [5, 5.41) is 12.0. The second-order valence-corrected chi connectivity index (χ2v) is 4.40. The summed E-state index contributed by atoms with van der Waals surface area (Å²) in [6.07, 6.45) is 2.85. The van der Waals surface area contributed by atoms with Gasteiger partial charge in [-0.2, -0.15) is 4.73 Å². The molecule has 0 fully saturated rings. The smallest absolute Gasteiger partial charge is 0.341 e. The molecule has 5 nitrogen and oxygen atoms in total. The Balaban J connectivity index is 2.09. The molecule has 2 rings (SSSR count). The van der Waals surface area contributed by atoms with Gasteiger partial charge in [0.05, 0.1) is 19.1 Å². The molecule has 0 amide bonds. The number of carbonyl (C=O) groups is 1. The average molecular weight is 265 g/mol. The molecule has 0 unspecified atom stereocenters. The summed E-state index contributed by atoms with van der Waals surface area (Å²) in [5.41, 5.74) is 0.387. The Kier molecular flexibility index (Phi) is 3.88. The molecule has 0 radical (unpaired) electrons. The maximum atomic E-state index is 11.4. The van der Waals surface area contributed by atoms with Gasteiger partial charge in [-0.3, -0.25) is 0 Å². The minimum Gasteiger partial charge on any atom is -0.618 e. The lowest BCUT2D eigenvalue weighted by Crippen LogP contribution is -2.27. The minimum atomic E-state index is -0.442. The fraction of sp³-hybridized carbons (Fsp3) is 0.167. The fourth-order valence-corrected chi connectivity index (χ4v) is 2.27. The highest BCUT2D eigenvalue weighted by Gasteiger charge is 2.16. The van der Waals surface area contributed by atoms with Gasteiger partial charge >= 0.3 is 5.97 Å². The molecule has 2 heterocycles. The highest BCUT2D eigenvalue weighted by molar-refractivity contribution is 7.98. The maximum absolute atomic E-state index is 11.4. The zero-order valence-corrected chi connectivity index (χ0v) is 10.5. The van der Waals surface area contributed by atoms with E-state index in [1.807, 2.05) is 0 Å². The van der Waals surface area contributed by atoms with Crippen molar-refractivity contribution in [1.29, 1.82) is 0 Å². The van der Waals surface area contributed by atoms with Crippen LogP contribution in [0.25, 0.3) is 0 Å². The molecule has 18 heavy (non-hydrogen) atoms. The van der Waals surface area contributed by atoms with Gasteiger partial charge in [0.25, 0.3) is 5.03 Å². The van der Waals surface area contributed by atoms with Crippen LogP contribution in [0.4, 0.5) is 0 Å². The summed E-state index contributed by atoms with van der Waals surface area (Å²) in [4.78, 5) is 11.4. The van der Waals surface area contributed by atoms with Crippen molar-refractivity contribution in [2.24, 2.45) is 0 Å². The molecule has 0 aliphatic rings. The number of furan rings is 1. The van der Waals surface area contributed by atoms with Gasteiger partial charge in [0.1, 0.15) is 11.3 Å². The summed E-state index contributed by atoms with van der Waals surface area (Å²) in [6, 6.07) is 6.69. The van der Waals surface area contributed by atoms with E-state index in [0.29, 0.717) is 22.1 Å². The largest absolute Gasteiger partial charge is 0.618 e. The quantitative estimate of drug-likeness (QED) is 0.366. The predicted octanol–water partition coefficient (Wildman–Crippen LogP) is 1.99. The van der Waals surface area contributed by atoms with Crippen LogP contribution in [-0.2, 0) is 10.5 Å². The van der Waals surface area contributed by atoms with Gasteiger partial charge in [-0.25, -0.2) is 4.79 Å². The van der Waals surface area contributed by atoms with Crippen molar-refractivity contribution in [3.05, 3.63) is 53.3 Å². The van der Waals surface area contributed by atoms with Crippen LogP contribution in [0, 0.1) is 5.21 Å². The molecular weight excluding hydrogens is 254 g/mol. The first-order chi connectivity index (χ1) is 8.72. The van der Waals surface area contributed by atoms with E-state index in [9.17, 15) is 10.0 Å². The highest BCUT2D eigenvalue weighted by atomic mass is 32.2. The summed E-state index contributed by atoms with van der Waals surface area (Å²) in [6.45, 7) is 0. The molecule has 0 spiro atoms. The van der Waals surface area contributed by atoms with Crippen molar-refractivity contribution >= 4 is 17.7 Å². The van der Waals surface area contributed by atoms with E-state index < -0.39 is 5.97 Å². The Labute approximate surface area is 108 Å². The Hall–Kier alpha value is -1.95. The van der Waals surface area contributed by atoms with Gasteiger partial charge in [-0.05, 0) is 23.9 Å². The molecule has 2 aromatic heterocycles. The Morgan fingerprint density at radius 3 is 3.06 bits per heavy atom. The standard InChI is InChI=1S/C12H11NO4S/c1-16-12(14)9-5-7-17-10(9)8-18-11-4-2-3-6-13(11)15/h2-7H,8H2,1H3. The van der Waals surface area contributed by atoms with Gasteiger partial charge in [0, 0.05) is 12.1 Å². The van der Waals surface area contributed by atoms with Crippen LogP contribution >= 0.6 is 11.8 Å². The van der Waals surface area contributed by atoms with E-state index in [1.54, 1.807) is 24.3 Å². The number of aromatic nitrogens is 1. The molecule has 0 aromatic carbocycles. The van der Waals surface area contributed by atoms with Crippen molar-refractivity contribution < 1.29 is 18.7 Å². The molecule has 0 saturated carbocycles. The number of methoxy groups -OCH3 is 1. The Morgan fingerprint density at radius 1 is 1.50 bits per heavy atom. The lowest BCUT2D eigenvalue weighted by Gasteiger charge is -2.03. The lowest BCUT2D eigenvalue weighted by molar-refractivity contribution is -0.645. The van der Waals surface area contributed by atoms with Crippen molar-refractivity contribution in [3.63, 3.8) is 0 Å². The van der Waals surface area contributed by atoms with Crippen molar-refractivity contribution in [3.8, 4) is 0 Å². The van der Waals surface area contributed by atoms with Crippen LogP contribution in [0.3, 0.4) is 0 Å². The Morgan fingerprint density at radius 2 is 2.33 bits per heavy atom. The normalized spacial score (nSPS) is 10.3. The summed E-state index contributed by atoms with van der Waals surface area (Å²) in [5.74, 6) is 0.446. The zero-order valence-electron chi connectivity index (χ0n) is 9.66. The van der Waals surface area contributed by atoms with E-state index in [1.165, 1.54) is 31.3 Å². The van der Waals surface area contributed by atoms with Crippen LogP contribution in [0.2, 0.25) is 0 Å². The van der Waals surface area contributed by atoms with E-state index in [-0.39, 0.29) is 0 Å². The van der Waals surface area contributed by atoms with Gasteiger partial charge in [-0.15, -0.1) is 0 Å². The number of hydrogen-bond donors (Lipinski definition) is 0. The lowest BCUT2D eigenvalue weighted by atomic mass is 10.3.